The summed E-state index contributed by atoms with van der Waals surface area (Å²) in [4.78, 5) is 38.0. The second-order valence-corrected chi connectivity index (χ2v) is 17.8. The molecule has 0 aliphatic heterocycles. The predicted molar refractivity (Wildman–Crippen MR) is 274 cm³/mol. The Hall–Kier alpha value is -3.15. The van der Waals surface area contributed by atoms with Crippen LogP contribution in [-0.4, -0.2) is 37.2 Å². The van der Waals surface area contributed by atoms with Gasteiger partial charge in [0.05, 0.1) is 0 Å². The smallest absolute Gasteiger partial charge is 0.306 e. The first kappa shape index (κ1) is 60.9. The summed E-state index contributed by atoms with van der Waals surface area (Å²) >= 11 is 0. The van der Waals surface area contributed by atoms with Crippen LogP contribution < -0.4 is 0 Å². The zero-order valence-electron chi connectivity index (χ0n) is 42.0. The highest BCUT2D eigenvalue weighted by Crippen LogP contribution is 2.15. The number of esters is 3. The fourth-order valence-electron chi connectivity index (χ4n) is 7.41. The molecule has 0 aliphatic carbocycles. The Morgan fingerprint density at radius 2 is 0.625 bits per heavy atom. The molecule has 0 aromatic carbocycles. The molecule has 0 saturated carbocycles. The van der Waals surface area contributed by atoms with Crippen molar-refractivity contribution in [1.29, 1.82) is 0 Å². The number of unbranched alkanes of at least 4 members (excludes halogenated alkanes) is 25. The molecule has 1 atom stereocenters. The van der Waals surface area contributed by atoms with E-state index in [1.807, 2.05) is 0 Å². The lowest BCUT2D eigenvalue weighted by atomic mass is 10.0. The van der Waals surface area contributed by atoms with Crippen molar-refractivity contribution in [3.05, 3.63) is 72.9 Å². The van der Waals surface area contributed by atoms with Gasteiger partial charge in [-0.1, -0.05) is 229 Å². The van der Waals surface area contributed by atoms with E-state index in [2.05, 4.69) is 93.7 Å². The third-order valence-corrected chi connectivity index (χ3v) is 11.4. The van der Waals surface area contributed by atoms with Crippen molar-refractivity contribution < 1.29 is 28.6 Å². The summed E-state index contributed by atoms with van der Waals surface area (Å²) in [6.45, 7) is 6.47. The Morgan fingerprint density at radius 3 is 1.05 bits per heavy atom. The molecule has 0 spiro atoms. The molecule has 0 rings (SSSR count). The molecule has 6 heteroatoms. The van der Waals surface area contributed by atoms with Gasteiger partial charge in [-0.15, -0.1) is 0 Å². The molecule has 0 fully saturated rings. The second kappa shape index (κ2) is 52.5. The summed E-state index contributed by atoms with van der Waals surface area (Å²) in [7, 11) is 0. The molecule has 0 aromatic heterocycles. The first-order chi connectivity index (χ1) is 31.5. The summed E-state index contributed by atoms with van der Waals surface area (Å²) in [5.74, 6) is -0.958. The van der Waals surface area contributed by atoms with Gasteiger partial charge in [-0.2, -0.15) is 0 Å². The van der Waals surface area contributed by atoms with Gasteiger partial charge in [0.25, 0.3) is 0 Å². The normalized spacial score (nSPS) is 12.6. The fraction of sp³-hybridized carbons (Fsp3) is 0.741. The summed E-state index contributed by atoms with van der Waals surface area (Å²) in [6.07, 6.45) is 66.0. The minimum Gasteiger partial charge on any atom is -0.462 e. The minimum atomic E-state index is -0.799. The van der Waals surface area contributed by atoms with Gasteiger partial charge in [0, 0.05) is 19.3 Å². The Labute approximate surface area is 395 Å². The van der Waals surface area contributed by atoms with E-state index in [1.54, 1.807) is 0 Å². The van der Waals surface area contributed by atoms with Gasteiger partial charge in [0.2, 0.25) is 0 Å². The van der Waals surface area contributed by atoms with Crippen LogP contribution >= 0.6 is 0 Å². The van der Waals surface area contributed by atoms with Gasteiger partial charge in [-0.3, -0.25) is 14.4 Å². The molecule has 0 radical (unpaired) electrons. The number of ether oxygens (including phenoxy) is 3. The third-order valence-electron chi connectivity index (χ3n) is 11.4. The summed E-state index contributed by atoms with van der Waals surface area (Å²) in [6, 6.07) is 0. The van der Waals surface area contributed by atoms with Crippen LogP contribution in [0.15, 0.2) is 72.9 Å². The Kier molecular flexibility index (Phi) is 49.9. The molecule has 0 heterocycles. The Balaban J connectivity index is 4.46. The molecular weight excluding hydrogens is 793 g/mol. The monoisotopic (exact) mass is 893 g/mol. The van der Waals surface area contributed by atoms with Crippen LogP contribution in [0.5, 0.6) is 0 Å². The summed E-state index contributed by atoms with van der Waals surface area (Å²) < 4.78 is 16.8. The SMILES string of the molecule is CC/C=C\C/C=C\C/C=C\C/C=C\C/C=C\CCCC(=O)OC[C@@H](COC(=O)CCCCCCC/C=C\CCCCCC)OC(=O)CCCCCCCCCCCCCCCCCC. The van der Waals surface area contributed by atoms with Crippen LogP contribution in [0.4, 0.5) is 0 Å². The van der Waals surface area contributed by atoms with Crippen LogP contribution in [-0.2, 0) is 28.6 Å². The third kappa shape index (κ3) is 49.9. The number of hydrogen-bond donors (Lipinski definition) is 0. The lowest BCUT2D eigenvalue weighted by Crippen LogP contribution is -2.30. The highest BCUT2D eigenvalue weighted by Gasteiger charge is 2.19. The average molecular weight is 893 g/mol. The molecule has 64 heavy (non-hydrogen) atoms. The maximum atomic E-state index is 12.8. The van der Waals surface area contributed by atoms with Gasteiger partial charge < -0.3 is 14.2 Å². The van der Waals surface area contributed by atoms with Crippen LogP contribution in [0.25, 0.3) is 0 Å². The average Bonchev–Trinajstić information content (AvgIpc) is 3.29. The van der Waals surface area contributed by atoms with Crippen molar-refractivity contribution in [3.63, 3.8) is 0 Å². The topological polar surface area (TPSA) is 78.9 Å². The molecule has 368 valence electrons. The molecule has 0 saturated heterocycles. The number of rotatable bonds is 48. The van der Waals surface area contributed by atoms with Crippen LogP contribution in [0.2, 0.25) is 0 Å². The minimum absolute atomic E-state index is 0.0956. The Morgan fingerprint density at radius 1 is 0.328 bits per heavy atom. The van der Waals surface area contributed by atoms with Crippen LogP contribution in [0, 0.1) is 0 Å². The lowest BCUT2D eigenvalue weighted by molar-refractivity contribution is -0.167. The van der Waals surface area contributed by atoms with Gasteiger partial charge in [0.15, 0.2) is 6.10 Å². The molecule has 0 aromatic rings. The predicted octanol–water partition coefficient (Wildman–Crippen LogP) is 17.8. The zero-order valence-corrected chi connectivity index (χ0v) is 42.0. The lowest BCUT2D eigenvalue weighted by Gasteiger charge is -2.18. The van der Waals surface area contributed by atoms with E-state index in [-0.39, 0.29) is 37.5 Å². The van der Waals surface area contributed by atoms with Crippen molar-refractivity contribution in [1.82, 2.24) is 0 Å². The van der Waals surface area contributed by atoms with Crippen molar-refractivity contribution in [2.24, 2.45) is 0 Å². The standard InChI is InChI=1S/C58H100O6/c1-4-7-10-13-16-19-22-25-27-29-31-33-36-39-42-45-48-51-57(60)63-54-55(53-62-56(59)50-47-44-41-38-35-32-24-21-18-15-12-9-6-3)64-58(61)52-49-46-43-40-37-34-30-28-26-23-20-17-14-11-8-5-2/h7,10,16,19,21,24-25,27,31,33,39,42,55H,4-6,8-9,11-15,17-18,20,22-23,26,28-30,32,34-38,40-41,43-54H2,1-3H3/b10-7-,19-16-,24-21-,27-25-,33-31-,42-39-/t55-/m1/s1. The molecule has 0 unspecified atom stereocenters. The molecule has 0 amide bonds. The Bertz CT molecular complexity index is 1210. The van der Waals surface area contributed by atoms with E-state index in [4.69, 9.17) is 14.2 Å². The van der Waals surface area contributed by atoms with Crippen molar-refractivity contribution in [2.75, 3.05) is 13.2 Å². The van der Waals surface area contributed by atoms with Crippen molar-refractivity contribution in [2.45, 2.75) is 264 Å². The van der Waals surface area contributed by atoms with E-state index >= 15 is 0 Å². The summed E-state index contributed by atoms with van der Waals surface area (Å²) in [5, 5.41) is 0. The number of carbonyl (C=O) groups excluding carboxylic acids is 3. The second-order valence-electron chi connectivity index (χ2n) is 17.8. The van der Waals surface area contributed by atoms with Crippen LogP contribution in [0.3, 0.4) is 0 Å². The molecule has 0 N–H and O–H groups in total. The van der Waals surface area contributed by atoms with E-state index in [9.17, 15) is 14.4 Å². The molecule has 6 nitrogen and oxygen atoms in total. The van der Waals surface area contributed by atoms with Gasteiger partial charge >= 0.3 is 17.9 Å². The van der Waals surface area contributed by atoms with E-state index in [1.165, 1.54) is 128 Å². The first-order valence-corrected chi connectivity index (χ1v) is 26.9. The highest BCUT2D eigenvalue weighted by molar-refractivity contribution is 5.71. The summed E-state index contributed by atoms with van der Waals surface area (Å²) in [5.41, 5.74) is 0. The van der Waals surface area contributed by atoms with E-state index in [0.29, 0.717) is 19.3 Å². The van der Waals surface area contributed by atoms with Gasteiger partial charge in [-0.05, 0) is 83.5 Å². The van der Waals surface area contributed by atoms with Crippen molar-refractivity contribution >= 4 is 17.9 Å². The largest absolute Gasteiger partial charge is 0.462 e. The zero-order chi connectivity index (χ0) is 46.5. The van der Waals surface area contributed by atoms with Gasteiger partial charge in [0.1, 0.15) is 13.2 Å². The number of carbonyl (C=O) groups is 3. The van der Waals surface area contributed by atoms with E-state index in [0.717, 1.165) is 83.5 Å². The van der Waals surface area contributed by atoms with Gasteiger partial charge in [-0.25, -0.2) is 0 Å². The van der Waals surface area contributed by atoms with Crippen LogP contribution in [0.1, 0.15) is 258 Å². The maximum Gasteiger partial charge on any atom is 0.306 e. The highest BCUT2D eigenvalue weighted by atomic mass is 16.6. The van der Waals surface area contributed by atoms with Crippen molar-refractivity contribution in [3.8, 4) is 0 Å². The maximum absolute atomic E-state index is 12.8. The molecule has 0 aliphatic rings. The fourth-order valence-corrected chi connectivity index (χ4v) is 7.41. The molecule has 0 bridgehead atoms. The number of hydrogen-bond acceptors (Lipinski definition) is 6. The number of allylic oxidation sites excluding steroid dienone is 12. The molecular formula is C58H100O6. The van der Waals surface area contributed by atoms with E-state index < -0.39 is 6.10 Å². The first-order valence-electron chi connectivity index (χ1n) is 26.9. The quantitative estimate of drug-likeness (QED) is 0.0262.